The number of carboxylic acid groups (broad SMARTS) is 2. The summed E-state index contributed by atoms with van der Waals surface area (Å²) in [5, 5.41) is 33.8. The number of rotatable bonds is 38. The van der Waals surface area contributed by atoms with Crippen LogP contribution in [0.3, 0.4) is 0 Å². The summed E-state index contributed by atoms with van der Waals surface area (Å²) in [7, 11) is 0. The van der Waals surface area contributed by atoms with Crippen LogP contribution >= 0.6 is 71.4 Å². The van der Waals surface area contributed by atoms with Crippen LogP contribution in [-0.4, -0.2) is 144 Å². The van der Waals surface area contributed by atoms with E-state index in [0.717, 1.165) is 73.5 Å². The van der Waals surface area contributed by atoms with E-state index in [0.29, 0.717) is 63.8 Å². The number of carbonyl (C=O) groups excluding carboxylic acids is 10. The van der Waals surface area contributed by atoms with Crippen LogP contribution in [0.1, 0.15) is 138 Å². The third kappa shape index (κ3) is 51.6. The van der Waals surface area contributed by atoms with Crippen LogP contribution in [0.15, 0.2) is 121 Å². The molecule has 5 N–H and O–H groups in total. The van der Waals surface area contributed by atoms with E-state index in [1.54, 1.807) is 81.4 Å². The van der Waals surface area contributed by atoms with E-state index >= 15 is 0 Å². The quantitative estimate of drug-likeness (QED) is 0.00590. The molecule has 0 saturated carbocycles. The summed E-state index contributed by atoms with van der Waals surface area (Å²) in [6.45, 7) is 11.7. The minimum absolute atomic E-state index is 0.0421. The van der Waals surface area contributed by atoms with Crippen LogP contribution in [0.25, 0.3) is 31.3 Å². The number of unbranched alkanes of at least 4 members (excludes halogenated alkanes) is 3. The molecule has 0 aliphatic heterocycles. The van der Waals surface area contributed by atoms with Gasteiger partial charge in [0.15, 0.2) is 15.3 Å². The number of esters is 2. The van der Waals surface area contributed by atoms with Crippen LogP contribution in [0.2, 0.25) is 0 Å². The summed E-state index contributed by atoms with van der Waals surface area (Å²) in [6, 6.07) is 23.6. The molecule has 0 aliphatic rings. The average molecular weight is 1450 g/mol. The molecule has 0 heterocycles. The second-order valence-electron chi connectivity index (χ2n) is 21.8. The Bertz CT molecular complexity index is 3090. The first-order valence-corrected chi connectivity index (χ1v) is 35.1. The van der Waals surface area contributed by atoms with Gasteiger partial charge in [-0.1, -0.05) is 129 Å². The van der Waals surface area contributed by atoms with Gasteiger partial charge in [-0.2, -0.15) is 12.6 Å². The van der Waals surface area contributed by atoms with Gasteiger partial charge >= 0.3 is 23.9 Å². The van der Waals surface area contributed by atoms with Gasteiger partial charge < -0.3 is 35.6 Å². The van der Waals surface area contributed by atoms with Gasteiger partial charge in [-0.3, -0.25) is 52.7 Å². The lowest BCUT2D eigenvalue weighted by molar-refractivity contribution is -0.155. The molecule has 96 heavy (non-hydrogen) atoms. The average Bonchev–Trinajstić information content (AvgIpc) is 1.06. The number of hydrogen-bond acceptors (Lipinski definition) is 23. The van der Waals surface area contributed by atoms with Crippen molar-refractivity contribution in [2.75, 3.05) is 36.9 Å². The molecular weight excluding hydrogens is 1360 g/mol. The number of carbonyl (C=O) groups is 12. The molecule has 3 aromatic rings. The Kier molecular flexibility index (Phi) is 49.2. The predicted molar refractivity (Wildman–Crippen MR) is 375 cm³/mol. The monoisotopic (exact) mass is 1440 g/mol. The number of amides is 3. The van der Waals surface area contributed by atoms with Crippen LogP contribution < -0.4 is 16.0 Å². The molecule has 0 bridgehead atoms. The summed E-state index contributed by atoms with van der Waals surface area (Å²) in [6.07, 6.45) is 3.05. The first-order valence-electron chi connectivity index (χ1n) is 30.0. The highest BCUT2D eigenvalue weighted by Crippen LogP contribution is 2.25. The largest absolute Gasteiger partial charge is 0.481 e. The number of benzene rings is 3. The Balaban J connectivity index is 0.00000132. The van der Waals surface area contributed by atoms with Crippen molar-refractivity contribution in [1.29, 1.82) is 0 Å². The highest BCUT2D eigenvalue weighted by Gasteiger charge is 2.28. The summed E-state index contributed by atoms with van der Waals surface area (Å²) in [5.74, 6) is -3.27. The Morgan fingerprint density at radius 3 is 1.05 bits per heavy atom. The first-order chi connectivity index (χ1) is 45.5. The van der Waals surface area contributed by atoms with Gasteiger partial charge in [0.2, 0.25) is 28.0 Å². The first kappa shape index (κ1) is 88.3. The zero-order chi connectivity index (χ0) is 72.2. The predicted octanol–water partition coefficient (Wildman–Crippen LogP) is 12.4. The Morgan fingerprint density at radius 2 is 0.760 bits per heavy atom. The van der Waals surface area contributed by atoms with Crippen molar-refractivity contribution in [2.45, 2.75) is 182 Å². The molecule has 0 spiro atoms. The van der Waals surface area contributed by atoms with Crippen molar-refractivity contribution >= 4 is 139 Å². The molecule has 0 fully saturated rings. The van der Waals surface area contributed by atoms with Crippen LogP contribution in [-0.2, 0) is 67.0 Å². The van der Waals surface area contributed by atoms with Gasteiger partial charge in [0.25, 0.3) is 0 Å². The smallest absolute Gasteiger partial charge is 0.326 e. The highest BCUT2D eigenvalue weighted by molar-refractivity contribution is 8.15. The summed E-state index contributed by atoms with van der Waals surface area (Å²) in [4.78, 5) is 153. The molecule has 524 valence electrons. The number of thioether (sulfide) groups is 5. The normalized spacial score (nSPS) is 11.4. The van der Waals surface area contributed by atoms with E-state index in [1.165, 1.54) is 0 Å². The number of carboxylic acids is 2. The maximum atomic E-state index is 12.7. The summed E-state index contributed by atoms with van der Waals surface area (Å²) < 4.78 is 10.2. The molecule has 3 rings (SSSR count). The van der Waals surface area contributed by atoms with Gasteiger partial charge in [-0.15, -0.1) is 0 Å². The van der Waals surface area contributed by atoms with Gasteiger partial charge in [0, 0.05) is 105 Å². The summed E-state index contributed by atoms with van der Waals surface area (Å²) in [5.41, 5.74) is 23.7. The maximum Gasteiger partial charge on any atom is 0.326 e. The lowest BCUT2D eigenvalue weighted by Crippen LogP contribution is -2.41. The number of azide groups is 3. The van der Waals surface area contributed by atoms with Crippen LogP contribution in [0.4, 0.5) is 0 Å². The molecule has 0 unspecified atom stereocenters. The molecule has 0 radical (unpaired) electrons. The fourth-order valence-electron chi connectivity index (χ4n) is 6.96. The summed E-state index contributed by atoms with van der Waals surface area (Å²) >= 11 is 8.52. The van der Waals surface area contributed by atoms with Crippen LogP contribution in [0, 0.1) is 0 Å². The Labute approximate surface area is 584 Å². The van der Waals surface area contributed by atoms with E-state index in [4.69, 9.17) is 36.3 Å². The lowest BCUT2D eigenvalue weighted by Gasteiger charge is -2.19. The van der Waals surface area contributed by atoms with Gasteiger partial charge in [0.05, 0.1) is 19.3 Å². The Morgan fingerprint density at radius 1 is 0.458 bits per heavy atom. The highest BCUT2D eigenvalue weighted by atomic mass is 32.2. The van der Waals surface area contributed by atoms with E-state index in [9.17, 15) is 57.5 Å². The van der Waals surface area contributed by atoms with E-state index in [1.807, 2.05) is 51.1 Å². The van der Waals surface area contributed by atoms with Crippen molar-refractivity contribution in [3.05, 3.63) is 122 Å². The van der Waals surface area contributed by atoms with Crippen molar-refractivity contribution in [3.63, 3.8) is 0 Å². The molecular formula is C62H84N12O16S6. The van der Waals surface area contributed by atoms with Crippen molar-refractivity contribution in [2.24, 2.45) is 15.3 Å². The second-order valence-corrected chi connectivity index (χ2v) is 27.8. The van der Waals surface area contributed by atoms with Gasteiger partial charge in [-0.05, 0) is 133 Å². The SMILES string of the molecule is CC(C)(C)OC(=O)CCS.CC(C)(C)OC(=O)CCSC(=O)[C@H](CC(=O)Sc1ccccc1)NC(=O)CCCCN=[N+]=[N-].[N-]=[N+]=NCCCCC(=O)N[C@@H](CC(=O)Sc1ccccc1)C(=O)O.[N-]=[N+]=NCCCCC(=O)N[C@@H](CC(=O)Sc1ccccc1)C(=O)SCCC(=O)O. The number of aliphatic carboxylic acids is 2. The van der Waals surface area contributed by atoms with Crippen molar-refractivity contribution in [3.8, 4) is 0 Å². The number of nitrogens with one attached hydrogen (secondary N) is 3. The Hall–Kier alpha value is -7.67. The molecule has 3 aromatic carbocycles. The molecule has 34 heteroatoms. The molecule has 28 nitrogen and oxygen atoms in total. The van der Waals surface area contributed by atoms with Crippen molar-refractivity contribution in [1.82, 2.24) is 16.0 Å². The number of thiol groups is 1. The van der Waals surface area contributed by atoms with Gasteiger partial charge in [-0.25, -0.2) is 4.79 Å². The fourth-order valence-corrected chi connectivity index (χ4v) is 11.2. The minimum Gasteiger partial charge on any atom is -0.481 e. The van der Waals surface area contributed by atoms with Gasteiger partial charge in [0.1, 0.15) is 29.3 Å². The second kappa shape index (κ2) is 53.5. The molecule has 3 amide bonds. The van der Waals surface area contributed by atoms with E-state index < -0.39 is 52.7 Å². The molecule has 0 aromatic heterocycles. The minimum atomic E-state index is -1.25. The third-order valence-corrected chi connectivity index (χ3v) is 16.0. The fraction of sp³-hybridized carbons (Fsp3) is 0.516. The van der Waals surface area contributed by atoms with Crippen molar-refractivity contribution < 1.29 is 77.2 Å². The zero-order valence-corrected chi connectivity index (χ0v) is 59.3. The third-order valence-electron chi connectivity index (χ3n) is 11.1. The standard InChI is InChI=1S/C22H30N4O5S2.C18H22N4O5S2.C15H18N4O4S.C7H14O2S/c1-22(2,3)31-19(28)12-14-32-21(30)17(25-18(27)11-7-8-13-24-26-23)15-20(29)33-16-9-5-4-6-10-16;19-22-20-10-5-4-8-15(23)21-14(18(27)28-11-9-16(24)25)12-17(26)29-13-6-2-1-3-7-13;16-19-17-9-5-4-8-13(20)18-12(15(22)23)10-14(21)24-11-6-2-1-3-7-11;1-7(2,3)9-6(8)4-5-10/h4-6,9-10,17H,7-8,11-15H2,1-3H3,(H,25,27);1-3,6-7,14H,4-5,8-12H2,(H,21,23)(H,24,25);1-3,6-7,12H,4-5,8-10H2,(H,18,20)(H,22,23);10H,4-5H2,1-3H3/t17-;14-;12-;/m000./s1. The number of nitrogens with zero attached hydrogens (tertiary/aromatic N) is 9. The molecule has 0 saturated heterocycles. The van der Waals surface area contributed by atoms with Crippen LogP contribution in [0.5, 0.6) is 0 Å². The topological polar surface area (TPSA) is 446 Å². The number of ether oxygens (including phenoxy) is 2. The van der Waals surface area contributed by atoms with E-state index in [2.05, 4.69) is 58.7 Å². The maximum absolute atomic E-state index is 12.7. The molecule has 3 atom stereocenters. The van der Waals surface area contributed by atoms with E-state index in [-0.39, 0.29) is 113 Å². The number of hydrogen-bond donors (Lipinski definition) is 6. The zero-order valence-electron chi connectivity index (χ0n) is 54.4. The lowest BCUT2D eigenvalue weighted by atomic mass is 10.2. The molecule has 0 aliphatic carbocycles.